The van der Waals surface area contributed by atoms with E-state index in [0.29, 0.717) is 47.6 Å². The Kier molecular flexibility index (Phi) is 8.01. The molecule has 0 bridgehead atoms. The SMILES string of the molecule is C=CCOC(=O)C1=C(C)N=C2SC(CC)C(=O)N2C1c1ccc(OCCC)c(OCC)c1. The first-order valence-corrected chi connectivity index (χ1v) is 11.8. The summed E-state index contributed by atoms with van der Waals surface area (Å²) in [6.45, 7) is 12.4. The average Bonchev–Trinajstić information content (AvgIpc) is 3.10. The Balaban J connectivity index is 2.11. The lowest BCUT2D eigenvalue weighted by atomic mass is 9.93. The summed E-state index contributed by atoms with van der Waals surface area (Å²) < 4.78 is 17.0. The van der Waals surface area contributed by atoms with Gasteiger partial charge in [-0.05, 0) is 44.4 Å². The van der Waals surface area contributed by atoms with E-state index in [4.69, 9.17) is 14.2 Å². The summed E-state index contributed by atoms with van der Waals surface area (Å²) in [5, 5.41) is 0.375. The lowest BCUT2D eigenvalue weighted by Crippen LogP contribution is -2.40. The van der Waals surface area contributed by atoms with Crippen LogP contribution in [-0.4, -0.2) is 47.0 Å². The Morgan fingerprint density at radius 3 is 2.69 bits per heavy atom. The van der Waals surface area contributed by atoms with Gasteiger partial charge in [-0.2, -0.15) is 0 Å². The second kappa shape index (κ2) is 10.7. The molecule has 1 fully saturated rings. The third-order valence-corrected chi connectivity index (χ3v) is 6.44. The second-order valence-corrected chi connectivity index (χ2v) is 8.56. The van der Waals surface area contributed by atoms with E-state index in [1.807, 2.05) is 39.0 Å². The minimum Gasteiger partial charge on any atom is -0.490 e. The molecular weight excluding hydrogens is 428 g/mol. The van der Waals surface area contributed by atoms with Crippen molar-refractivity contribution in [2.75, 3.05) is 19.8 Å². The highest BCUT2D eigenvalue weighted by Crippen LogP contribution is 2.45. The van der Waals surface area contributed by atoms with Crippen LogP contribution in [0.2, 0.25) is 0 Å². The number of amidine groups is 1. The predicted octanol–water partition coefficient (Wildman–Crippen LogP) is 4.64. The van der Waals surface area contributed by atoms with Crippen LogP contribution in [0.15, 0.2) is 47.1 Å². The lowest BCUT2D eigenvalue weighted by Gasteiger charge is -2.33. The monoisotopic (exact) mass is 458 g/mol. The zero-order valence-electron chi connectivity index (χ0n) is 19.1. The van der Waals surface area contributed by atoms with Crippen molar-refractivity contribution in [3.8, 4) is 11.5 Å². The fourth-order valence-corrected chi connectivity index (χ4v) is 4.81. The molecule has 0 aliphatic carbocycles. The van der Waals surface area contributed by atoms with Gasteiger partial charge in [0.2, 0.25) is 5.91 Å². The Hall–Kier alpha value is -2.74. The van der Waals surface area contributed by atoms with E-state index in [1.54, 1.807) is 11.8 Å². The molecule has 172 valence electrons. The Bertz CT molecular complexity index is 956. The topological polar surface area (TPSA) is 77.4 Å². The van der Waals surface area contributed by atoms with Crippen LogP contribution in [0.3, 0.4) is 0 Å². The first kappa shape index (κ1) is 23.9. The number of fused-ring (bicyclic) bond motifs is 1. The van der Waals surface area contributed by atoms with Crippen molar-refractivity contribution in [1.29, 1.82) is 0 Å². The number of rotatable bonds is 10. The lowest BCUT2D eigenvalue weighted by molar-refractivity contribution is -0.139. The normalized spacial score (nSPS) is 20.1. The molecule has 0 N–H and O–H groups in total. The fourth-order valence-electron chi connectivity index (χ4n) is 3.67. The van der Waals surface area contributed by atoms with Gasteiger partial charge in [-0.3, -0.25) is 9.69 Å². The number of benzene rings is 1. The minimum atomic E-state index is -0.657. The van der Waals surface area contributed by atoms with Gasteiger partial charge in [-0.25, -0.2) is 9.79 Å². The molecule has 2 heterocycles. The molecule has 1 saturated heterocycles. The highest BCUT2D eigenvalue weighted by molar-refractivity contribution is 8.15. The molecule has 2 unspecified atom stereocenters. The van der Waals surface area contributed by atoms with Crippen molar-refractivity contribution in [3.63, 3.8) is 0 Å². The highest BCUT2D eigenvalue weighted by Gasteiger charge is 2.47. The molecule has 8 heteroatoms. The largest absolute Gasteiger partial charge is 0.490 e. The van der Waals surface area contributed by atoms with Gasteiger partial charge in [0.15, 0.2) is 16.7 Å². The molecule has 2 aliphatic rings. The highest BCUT2D eigenvalue weighted by atomic mass is 32.2. The van der Waals surface area contributed by atoms with E-state index in [1.165, 1.54) is 17.8 Å². The number of amides is 1. The van der Waals surface area contributed by atoms with Gasteiger partial charge >= 0.3 is 5.97 Å². The number of carbonyl (C=O) groups is 2. The van der Waals surface area contributed by atoms with Gasteiger partial charge in [-0.1, -0.05) is 44.3 Å². The molecule has 2 atom stereocenters. The van der Waals surface area contributed by atoms with Crippen molar-refractivity contribution in [1.82, 2.24) is 4.90 Å². The summed E-state index contributed by atoms with van der Waals surface area (Å²) in [5.41, 5.74) is 1.61. The molecule has 0 radical (unpaired) electrons. The van der Waals surface area contributed by atoms with Gasteiger partial charge in [-0.15, -0.1) is 0 Å². The van der Waals surface area contributed by atoms with Crippen LogP contribution >= 0.6 is 11.8 Å². The summed E-state index contributed by atoms with van der Waals surface area (Å²) in [5.74, 6) is 0.627. The quantitative estimate of drug-likeness (QED) is 0.375. The van der Waals surface area contributed by atoms with E-state index in [0.717, 1.165) is 12.0 Å². The van der Waals surface area contributed by atoms with E-state index >= 15 is 0 Å². The number of thioether (sulfide) groups is 1. The van der Waals surface area contributed by atoms with Crippen LogP contribution in [0.1, 0.15) is 52.1 Å². The number of carbonyl (C=O) groups excluding carboxylic acids is 2. The summed E-state index contributed by atoms with van der Waals surface area (Å²) in [7, 11) is 0. The maximum atomic E-state index is 13.2. The number of hydrogen-bond donors (Lipinski definition) is 0. The summed E-state index contributed by atoms with van der Waals surface area (Å²) >= 11 is 1.43. The van der Waals surface area contributed by atoms with Crippen LogP contribution in [0, 0.1) is 0 Å². The van der Waals surface area contributed by atoms with Gasteiger partial charge in [0.05, 0.1) is 35.8 Å². The molecule has 1 amide bonds. The number of ether oxygens (including phenoxy) is 3. The third kappa shape index (κ3) is 4.70. The summed E-state index contributed by atoms with van der Waals surface area (Å²) in [4.78, 5) is 32.5. The van der Waals surface area contributed by atoms with Gasteiger partial charge in [0, 0.05) is 0 Å². The third-order valence-electron chi connectivity index (χ3n) is 5.12. The summed E-state index contributed by atoms with van der Waals surface area (Å²) in [6, 6.07) is 4.88. The zero-order valence-corrected chi connectivity index (χ0v) is 19.9. The van der Waals surface area contributed by atoms with Crippen LogP contribution in [0.4, 0.5) is 0 Å². The van der Waals surface area contributed by atoms with Crippen LogP contribution in [0.5, 0.6) is 11.5 Å². The zero-order chi connectivity index (χ0) is 23.3. The average molecular weight is 459 g/mol. The number of allylic oxidation sites excluding steroid dienone is 1. The van der Waals surface area contributed by atoms with Crippen molar-refractivity contribution in [2.24, 2.45) is 4.99 Å². The molecule has 0 saturated carbocycles. The number of hydrogen-bond acceptors (Lipinski definition) is 7. The van der Waals surface area contributed by atoms with Crippen LogP contribution in [0.25, 0.3) is 0 Å². The first-order chi connectivity index (χ1) is 15.5. The van der Waals surface area contributed by atoms with Crippen LogP contribution in [-0.2, 0) is 14.3 Å². The van der Waals surface area contributed by atoms with Gasteiger partial charge < -0.3 is 14.2 Å². The van der Waals surface area contributed by atoms with Crippen molar-refractivity contribution in [3.05, 3.63) is 47.7 Å². The fraction of sp³-hybridized carbons (Fsp3) is 0.458. The van der Waals surface area contributed by atoms with E-state index in [9.17, 15) is 9.59 Å². The van der Waals surface area contributed by atoms with E-state index in [-0.39, 0.29) is 17.8 Å². The Morgan fingerprint density at radius 2 is 2.03 bits per heavy atom. The predicted molar refractivity (Wildman–Crippen MR) is 126 cm³/mol. The number of aliphatic imine (C=N–C) groups is 1. The standard InChI is InChI=1S/C24H30N2O5S/c1-6-12-30-17-11-10-16(14-18(17)29-9-4)21-20(23(28)31-13-7-2)15(5)25-24-26(21)22(27)19(8-3)32-24/h7,10-11,14,19,21H,2,6,8-9,12-13H2,1,3-5H3. The Morgan fingerprint density at radius 1 is 1.25 bits per heavy atom. The minimum absolute atomic E-state index is 0.0629. The molecule has 7 nitrogen and oxygen atoms in total. The molecule has 32 heavy (non-hydrogen) atoms. The molecule has 0 aromatic heterocycles. The second-order valence-electron chi connectivity index (χ2n) is 7.39. The van der Waals surface area contributed by atoms with E-state index < -0.39 is 12.0 Å². The molecule has 1 aromatic carbocycles. The Labute approximate surface area is 193 Å². The maximum absolute atomic E-state index is 13.2. The number of nitrogens with zero attached hydrogens (tertiary/aromatic N) is 2. The van der Waals surface area contributed by atoms with Crippen LogP contribution < -0.4 is 9.47 Å². The first-order valence-electron chi connectivity index (χ1n) is 10.9. The van der Waals surface area contributed by atoms with Crippen molar-refractivity contribution in [2.45, 2.75) is 51.8 Å². The summed E-state index contributed by atoms with van der Waals surface area (Å²) in [6.07, 6.45) is 3.06. The molecular formula is C24H30N2O5S. The maximum Gasteiger partial charge on any atom is 0.338 e. The molecule has 1 aromatic rings. The molecule has 2 aliphatic heterocycles. The smallest absolute Gasteiger partial charge is 0.338 e. The van der Waals surface area contributed by atoms with Gasteiger partial charge in [0.1, 0.15) is 6.61 Å². The molecule has 0 spiro atoms. The van der Waals surface area contributed by atoms with E-state index in [2.05, 4.69) is 11.6 Å². The van der Waals surface area contributed by atoms with Gasteiger partial charge in [0.25, 0.3) is 0 Å². The van der Waals surface area contributed by atoms with Crippen molar-refractivity contribution < 1.29 is 23.8 Å². The molecule has 3 rings (SSSR count). The number of esters is 1. The van der Waals surface area contributed by atoms with Crippen molar-refractivity contribution >= 4 is 28.8 Å².